The van der Waals surface area contributed by atoms with Gasteiger partial charge in [-0.2, -0.15) is 0 Å². The summed E-state index contributed by atoms with van der Waals surface area (Å²) in [5.41, 5.74) is -0.101. The third-order valence-electron chi connectivity index (χ3n) is 1.06. The third kappa shape index (κ3) is 4.05. The van der Waals surface area contributed by atoms with E-state index in [0.29, 0.717) is 6.61 Å². The standard InChI is InChI=1S/C8H14O/c1-5-8(3,4)7-9-6-2/h1H,6-7H2,2-4H3. The summed E-state index contributed by atoms with van der Waals surface area (Å²) in [7, 11) is 0. The lowest BCUT2D eigenvalue weighted by Crippen LogP contribution is -2.16. The van der Waals surface area contributed by atoms with Crippen molar-refractivity contribution in [3.8, 4) is 12.3 Å². The normalized spacial score (nSPS) is 10.9. The van der Waals surface area contributed by atoms with E-state index >= 15 is 0 Å². The summed E-state index contributed by atoms with van der Waals surface area (Å²) in [6, 6.07) is 0. The van der Waals surface area contributed by atoms with E-state index < -0.39 is 0 Å². The zero-order valence-corrected chi connectivity index (χ0v) is 6.40. The first-order chi connectivity index (χ1) is 4.12. The molecule has 52 valence electrons. The molecule has 0 rings (SSSR count). The van der Waals surface area contributed by atoms with Crippen molar-refractivity contribution in [2.75, 3.05) is 13.2 Å². The average Bonchev–Trinajstić information content (AvgIpc) is 1.84. The van der Waals surface area contributed by atoms with Gasteiger partial charge in [0.2, 0.25) is 0 Å². The van der Waals surface area contributed by atoms with Crippen LogP contribution in [0.1, 0.15) is 20.8 Å². The zero-order chi connectivity index (χ0) is 7.33. The Labute approximate surface area is 57.4 Å². The number of terminal acetylenes is 1. The summed E-state index contributed by atoms with van der Waals surface area (Å²) in [6.07, 6.45) is 5.22. The quantitative estimate of drug-likeness (QED) is 0.523. The van der Waals surface area contributed by atoms with E-state index in [0.717, 1.165) is 6.61 Å². The molecule has 0 aliphatic carbocycles. The minimum atomic E-state index is -0.101. The minimum absolute atomic E-state index is 0.101. The van der Waals surface area contributed by atoms with Crippen LogP contribution in [0.5, 0.6) is 0 Å². The van der Waals surface area contributed by atoms with E-state index in [-0.39, 0.29) is 5.41 Å². The van der Waals surface area contributed by atoms with E-state index in [1.807, 2.05) is 20.8 Å². The summed E-state index contributed by atoms with van der Waals surface area (Å²) in [4.78, 5) is 0. The number of rotatable bonds is 3. The van der Waals surface area contributed by atoms with E-state index in [9.17, 15) is 0 Å². The lowest BCUT2D eigenvalue weighted by atomic mass is 9.97. The molecule has 1 nitrogen and oxygen atoms in total. The SMILES string of the molecule is C#CC(C)(C)COCC. The molecule has 0 aliphatic rings. The maximum absolute atomic E-state index is 5.22. The van der Waals surface area contributed by atoms with Crippen molar-refractivity contribution in [1.82, 2.24) is 0 Å². The van der Waals surface area contributed by atoms with Crippen LogP contribution in [-0.4, -0.2) is 13.2 Å². The molecule has 1 heteroatoms. The molecule has 0 aromatic heterocycles. The molecular weight excluding hydrogens is 112 g/mol. The van der Waals surface area contributed by atoms with Crippen LogP contribution >= 0.6 is 0 Å². The maximum atomic E-state index is 5.22. The molecule has 0 heterocycles. The van der Waals surface area contributed by atoms with Crippen LogP contribution in [0.4, 0.5) is 0 Å². The van der Waals surface area contributed by atoms with Gasteiger partial charge in [-0.25, -0.2) is 0 Å². The van der Waals surface area contributed by atoms with Gasteiger partial charge in [0.25, 0.3) is 0 Å². The summed E-state index contributed by atoms with van der Waals surface area (Å²) < 4.78 is 5.15. The summed E-state index contributed by atoms with van der Waals surface area (Å²) in [5.74, 6) is 2.65. The first kappa shape index (κ1) is 8.52. The molecule has 0 fully saturated rings. The lowest BCUT2D eigenvalue weighted by molar-refractivity contribution is 0.0977. The number of ether oxygens (including phenoxy) is 1. The van der Waals surface area contributed by atoms with Gasteiger partial charge in [0.1, 0.15) is 0 Å². The number of hydrogen-bond donors (Lipinski definition) is 0. The molecule has 0 atom stereocenters. The number of hydrogen-bond acceptors (Lipinski definition) is 1. The van der Waals surface area contributed by atoms with Gasteiger partial charge >= 0.3 is 0 Å². The van der Waals surface area contributed by atoms with Crippen LogP contribution in [0.25, 0.3) is 0 Å². The summed E-state index contributed by atoms with van der Waals surface area (Å²) in [6.45, 7) is 7.34. The Balaban J connectivity index is 3.49. The van der Waals surface area contributed by atoms with Gasteiger partial charge in [-0.05, 0) is 20.8 Å². The monoisotopic (exact) mass is 126 g/mol. The molecule has 0 saturated heterocycles. The van der Waals surface area contributed by atoms with Gasteiger partial charge < -0.3 is 4.74 Å². The summed E-state index contributed by atoms with van der Waals surface area (Å²) in [5, 5.41) is 0. The second kappa shape index (κ2) is 3.53. The van der Waals surface area contributed by atoms with Crippen molar-refractivity contribution in [2.24, 2.45) is 5.41 Å². The average molecular weight is 126 g/mol. The first-order valence-electron chi connectivity index (χ1n) is 3.18. The molecule has 0 bridgehead atoms. The highest BCUT2D eigenvalue weighted by Gasteiger charge is 2.12. The zero-order valence-electron chi connectivity index (χ0n) is 6.40. The Hall–Kier alpha value is -0.480. The fourth-order valence-corrected chi connectivity index (χ4v) is 0.399. The molecule has 0 unspecified atom stereocenters. The molecule has 0 aliphatic heterocycles. The van der Waals surface area contributed by atoms with Gasteiger partial charge in [0, 0.05) is 12.0 Å². The highest BCUT2D eigenvalue weighted by atomic mass is 16.5. The molecule has 0 radical (unpaired) electrons. The van der Waals surface area contributed by atoms with Crippen molar-refractivity contribution in [3.63, 3.8) is 0 Å². The van der Waals surface area contributed by atoms with Crippen LogP contribution in [0.3, 0.4) is 0 Å². The van der Waals surface area contributed by atoms with Crippen molar-refractivity contribution in [3.05, 3.63) is 0 Å². The van der Waals surface area contributed by atoms with Crippen LogP contribution in [0, 0.1) is 17.8 Å². The topological polar surface area (TPSA) is 9.23 Å². The fourth-order valence-electron chi connectivity index (χ4n) is 0.399. The Morgan fingerprint density at radius 1 is 1.56 bits per heavy atom. The van der Waals surface area contributed by atoms with Crippen LogP contribution in [0.15, 0.2) is 0 Å². The predicted octanol–water partition coefficient (Wildman–Crippen LogP) is 1.68. The molecule has 0 saturated carbocycles. The smallest absolute Gasteiger partial charge is 0.0626 e. The van der Waals surface area contributed by atoms with Gasteiger partial charge in [0.05, 0.1) is 6.61 Å². The highest BCUT2D eigenvalue weighted by molar-refractivity contribution is 5.00. The fraction of sp³-hybridized carbons (Fsp3) is 0.750. The second-order valence-electron chi connectivity index (χ2n) is 2.67. The molecular formula is C8H14O. The van der Waals surface area contributed by atoms with Crippen molar-refractivity contribution in [2.45, 2.75) is 20.8 Å². The van der Waals surface area contributed by atoms with E-state index in [1.54, 1.807) is 0 Å². The molecule has 9 heavy (non-hydrogen) atoms. The largest absolute Gasteiger partial charge is 0.380 e. The van der Waals surface area contributed by atoms with E-state index in [2.05, 4.69) is 5.92 Å². The summed E-state index contributed by atoms with van der Waals surface area (Å²) >= 11 is 0. The Morgan fingerprint density at radius 2 is 2.11 bits per heavy atom. The van der Waals surface area contributed by atoms with Crippen molar-refractivity contribution in [1.29, 1.82) is 0 Å². The minimum Gasteiger partial charge on any atom is -0.380 e. The highest BCUT2D eigenvalue weighted by Crippen LogP contribution is 2.12. The van der Waals surface area contributed by atoms with Crippen LogP contribution in [0.2, 0.25) is 0 Å². The Bertz CT molecular complexity index is 108. The predicted molar refractivity (Wildman–Crippen MR) is 39.1 cm³/mol. The van der Waals surface area contributed by atoms with Crippen LogP contribution in [-0.2, 0) is 4.74 Å². The Kier molecular flexibility index (Phi) is 3.34. The third-order valence-corrected chi connectivity index (χ3v) is 1.06. The van der Waals surface area contributed by atoms with Gasteiger partial charge in [-0.3, -0.25) is 0 Å². The van der Waals surface area contributed by atoms with E-state index in [4.69, 9.17) is 11.2 Å². The Morgan fingerprint density at radius 3 is 2.44 bits per heavy atom. The van der Waals surface area contributed by atoms with E-state index in [1.165, 1.54) is 0 Å². The molecule has 0 amide bonds. The van der Waals surface area contributed by atoms with Crippen LogP contribution < -0.4 is 0 Å². The molecule has 0 N–H and O–H groups in total. The van der Waals surface area contributed by atoms with Gasteiger partial charge in [-0.1, -0.05) is 5.92 Å². The first-order valence-corrected chi connectivity index (χ1v) is 3.18. The lowest BCUT2D eigenvalue weighted by Gasteiger charge is -2.15. The maximum Gasteiger partial charge on any atom is 0.0626 e. The molecule has 0 aromatic carbocycles. The van der Waals surface area contributed by atoms with Crippen molar-refractivity contribution < 1.29 is 4.74 Å². The van der Waals surface area contributed by atoms with Gasteiger partial charge in [-0.15, -0.1) is 6.42 Å². The van der Waals surface area contributed by atoms with Crippen molar-refractivity contribution >= 4 is 0 Å². The molecule has 0 aromatic rings. The molecule has 0 spiro atoms. The second-order valence-corrected chi connectivity index (χ2v) is 2.67. The van der Waals surface area contributed by atoms with Gasteiger partial charge in [0.15, 0.2) is 0 Å².